The number of carbonyl (C=O) groups excluding carboxylic acids is 1. The summed E-state index contributed by atoms with van der Waals surface area (Å²) in [7, 11) is -1.02. The molecule has 0 unspecified atom stereocenters. The van der Waals surface area contributed by atoms with Crippen LogP contribution in [0.4, 0.5) is 0 Å². The van der Waals surface area contributed by atoms with Crippen LogP contribution in [-0.4, -0.2) is 50.3 Å². The fraction of sp³-hybridized carbons (Fsp3) is 0.226. The van der Waals surface area contributed by atoms with Crippen molar-refractivity contribution in [3.05, 3.63) is 102 Å². The van der Waals surface area contributed by atoms with Crippen LogP contribution in [0.25, 0.3) is 10.8 Å². The molecule has 0 aliphatic carbocycles. The highest BCUT2D eigenvalue weighted by molar-refractivity contribution is 7.89. The van der Waals surface area contributed by atoms with Crippen molar-refractivity contribution in [3.63, 3.8) is 0 Å². The molecule has 4 aromatic rings. The quantitative estimate of drug-likeness (QED) is 0.296. The normalized spacial score (nSPS) is 15.4. The van der Waals surface area contributed by atoms with E-state index in [-0.39, 0.29) is 17.3 Å². The lowest BCUT2D eigenvalue weighted by Gasteiger charge is -2.28. The summed E-state index contributed by atoms with van der Waals surface area (Å²) in [4.78, 5) is 15.5. The zero-order valence-corrected chi connectivity index (χ0v) is 23.1. The summed E-state index contributed by atoms with van der Waals surface area (Å²) in [5.74, 6) is 0.889. The van der Waals surface area contributed by atoms with Crippen LogP contribution >= 0.6 is 0 Å². The average molecular weight is 556 g/mol. The van der Waals surface area contributed by atoms with Gasteiger partial charge in [0.15, 0.2) is 0 Å². The van der Waals surface area contributed by atoms with E-state index in [1.807, 2.05) is 30.3 Å². The second-order valence-corrected chi connectivity index (χ2v) is 11.5. The van der Waals surface area contributed by atoms with Crippen molar-refractivity contribution in [1.82, 2.24) is 9.21 Å². The minimum atomic E-state index is -4.11. The number of fused-ring (bicyclic) bond motifs is 1. The molecule has 204 valence electrons. The zero-order chi connectivity index (χ0) is 28.3. The van der Waals surface area contributed by atoms with Gasteiger partial charge in [-0.3, -0.25) is 4.79 Å². The predicted octanol–water partition coefficient (Wildman–Crippen LogP) is 4.72. The summed E-state index contributed by atoms with van der Waals surface area (Å²) in [6, 6.07) is 25.9. The molecular formula is C31H29N3O5S. The molecule has 1 saturated heterocycles. The molecule has 0 aromatic heterocycles. The molecule has 40 heavy (non-hydrogen) atoms. The van der Waals surface area contributed by atoms with Crippen molar-refractivity contribution in [2.45, 2.75) is 30.4 Å². The minimum absolute atomic E-state index is 0.0311. The Morgan fingerprint density at radius 1 is 0.950 bits per heavy atom. The van der Waals surface area contributed by atoms with Crippen molar-refractivity contribution < 1.29 is 22.7 Å². The molecule has 0 bridgehead atoms. The Bertz CT molecular complexity index is 1710. The molecule has 5 rings (SSSR count). The maximum atomic E-state index is 14.3. The number of amides is 1. The Morgan fingerprint density at radius 3 is 2.52 bits per heavy atom. The molecule has 0 saturated carbocycles. The van der Waals surface area contributed by atoms with Gasteiger partial charge in [-0.05, 0) is 65.2 Å². The molecule has 0 radical (unpaired) electrons. The van der Waals surface area contributed by atoms with Gasteiger partial charge in [-0.1, -0.05) is 42.5 Å². The van der Waals surface area contributed by atoms with Crippen molar-refractivity contribution >= 4 is 26.7 Å². The first kappa shape index (κ1) is 27.2. The molecule has 9 heteroatoms. The van der Waals surface area contributed by atoms with Gasteiger partial charge in [0.25, 0.3) is 0 Å². The van der Waals surface area contributed by atoms with E-state index in [9.17, 15) is 18.5 Å². The molecule has 0 spiro atoms. The highest BCUT2D eigenvalue weighted by atomic mass is 32.2. The lowest BCUT2D eigenvalue weighted by atomic mass is 10.1. The zero-order valence-electron chi connectivity index (χ0n) is 22.3. The first-order chi connectivity index (χ1) is 19.3. The number of ether oxygens (including phenoxy) is 2. The summed E-state index contributed by atoms with van der Waals surface area (Å²) < 4.78 is 40.6. The molecule has 0 N–H and O–H groups in total. The third-order valence-corrected chi connectivity index (χ3v) is 9.04. The van der Waals surface area contributed by atoms with Crippen LogP contribution in [0.2, 0.25) is 0 Å². The third-order valence-electron chi connectivity index (χ3n) is 7.19. The van der Waals surface area contributed by atoms with Gasteiger partial charge in [-0.2, -0.15) is 9.57 Å². The molecule has 1 atom stereocenters. The predicted molar refractivity (Wildman–Crippen MR) is 151 cm³/mol. The number of nitrogens with zero attached hydrogens (tertiary/aromatic N) is 3. The number of sulfonamides is 1. The molecule has 4 aromatic carbocycles. The summed E-state index contributed by atoms with van der Waals surface area (Å²) in [6.45, 7) is 0.660. The van der Waals surface area contributed by atoms with E-state index in [2.05, 4.69) is 6.07 Å². The SMILES string of the molecule is COc1ccc2ccc(S(=O)(=O)N(Cc3ccccc3OC)[C@H]3CCN(Cc4cccc(C#N)c4)C3=O)cc2c1. The number of benzene rings is 4. The Hall–Kier alpha value is -4.39. The van der Waals surface area contributed by atoms with Crippen molar-refractivity contribution in [2.75, 3.05) is 20.8 Å². The number of methoxy groups -OCH3 is 2. The summed E-state index contributed by atoms with van der Waals surface area (Å²) in [6.07, 6.45) is 0.340. The Balaban J connectivity index is 1.52. The number of nitriles is 1. The van der Waals surface area contributed by atoms with E-state index in [0.29, 0.717) is 42.1 Å². The molecule has 1 aliphatic heterocycles. The monoisotopic (exact) mass is 555 g/mol. The van der Waals surface area contributed by atoms with E-state index in [4.69, 9.17) is 9.47 Å². The standard InChI is InChI=1S/C31H29N3O5S/c1-38-27-12-10-24-11-13-28(18-26(24)17-27)40(36,37)34(21-25-8-3-4-9-30(25)39-2)29-14-15-33(31(29)35)20-23-7-5-6-22(16-23)19-32/h3-13,16-18,29H,14-15,20-21H2,1-2H3/t29-/m0/s1. The average Bonchev–Trinajstić information content (AvgIpc) is 3.34. The first-order valence-electron chi connectivity index (χ1n) is 12.8. The number of hydrogen-bond donors (Lipinski definition) is 0. The van der Waals surface area contributed by atoms with E-state index in [0.717, 1.165) is 16.3 Å². The summed E-state index contributed by atoms with van der Waals surface area (Å²) in [5.41, 5.74) is 1.98. The van der Waals surface area contributed by atoms with Gasteiger partial charge in [-0.15, -0.1) is 0 Å². The molecule has 8 nitrogen and oxygen atoms in total. The van der Waals surface area contributed by atoms with E-state index in [1.54, 1.807) is 66.6 Å². The van der Waals surface area contributed by atoms with Crippen LogP contribution in [-0.2, 0) is 27.9 Å². The largest absolute Gasteiger partial charge is 0.497 e. The van der Waals surface area contributed by atoms with E-state index < -0.39 is 16.1 Å². The van der Waals surface area contributed by atoms with Gasteiger partial charge in [0.05, 0.1) is 30.7 Å². The van der Waals surface area contributed by atoms with Crippen molar-refractivity contribution in [3.8, 4) is 17.6 Å². The van der Waals surface area contributed by atoms with Gasteiger partial charge in [0, 0.05) is 25.2 Å². The Labute approximate surface area is 234 Å². The van der Waals surface area contributed by atoms with Crippen LogP contribution in [0.5, 0.6) is 11.5 Å². The van der Waals surface area contributed by atoms with Crippen molar-refractivity contribution in [1.29, 1.82) is 5.26 Å². The van der Waals surface area contributed by atoms with Gasteiger partial charge in [0.1, 0.15) is 17.5 Å². The van der Waals surface area contributed by atoms with E-state index in [1.165, 1.54) is 11.4 Å². The Morgan fingerprint density at radius 2 is 1.75 bits per heavy atom. The highest BCUT2D eigenvalue weighted by Gasteiger charge is 2.42. The van der Waals surface area contributed by atoms with E-state index >= 15 is 0 Å². The molecular weight excluding hydrogens is 526 g/mol. The van der Waals surface area contributed by atoms with Gasteiger partial charge in [0.2, 0.25) is 15.9 Å². The van der Waals surface area contributed by atoms with Crippen LogP contribution < -0.4 is 9.47 Å². The number of hydrogen-bond acceptors (Lipinski definition) is 6. The first-order valence-corrected chi connectivity index (χ1v) is 14.3. The lowest BCUT2D eigenvalue weighted by Crippen LogP contribution is -2.44. The van der Waals surface area contributed by atoms with Crippen LogP contribution in [0.1, 0.15) is 23.1 Å². The molecule has 1 amide bonds. The number of likely N-dealkylation sites (tertiary alicyclic amines) is 1. The fourth-order valence-electron chi connectivity index (χ4n) is 5.10. The number of para-hydroxylation sites is 1. The van der Waals surface area contributed by atoms with Crippen molar-refractivity contribution in [2.24, 2.45) is 0 Å². The molecule has 1 fully saturated rings. The smallest absolute Gasteiger partial charge is 0.244 e. The van der Waals surface area contributed by atoms with Crippen LogP contribution in [0, 0.1) is 11.3 Å². The molecule has 1 heterocycles. The summed E-state index contributed by atoms with van der Waals surface area (Å²) >= 11 is 0. The summed E-state index contributed by atoms with van der Waals surface area (Å²) in [5, 5.41) is 10.8. The number of carbonyl (C=O) groups is 1. The van der Waals surface area contributed by atoms with Gasteiger partial charge < -0.3 is 14.4 Å². The van der Waals surface area contributed by atoms with Crippen LogP contribution in [0.15, 0.2) is 89.8 Å². The van der Waals surface area contributed by atoms with Gasteiger partial charge in [-0.25, -0.2) is 8.42 Å². The van der Waals surface area contributed by atoms with Crippen LogP contribution in [0.3, 0.4) is 0 Å². The maximum absolute atomic E-state index is 14.3. The Kier molecular flexibility index (Phi) is 7.74. The molecule has 1 aliphatic rings. The second kappa shape index (κ2) is 11.4. The fourth-order valence-corrected chi connectivity index (χ4v) is 6.72. The number of rotatable bonds is 9. The topological polar surface area (TPSA) is 99.9 Å². The minimum Gasteiger partial charge on any atom is -0.497 e. The van der Waals surface area contributed by atoms with Gasteiger partial charge >= 0.3 is 0 Å². The lowest BCUT2D eigenvalue weighted by molar-refractivity contribution is -0.131. The highest BCUT2D eigenvalue weighted by Crippen LogP contribution is 2.32. The second-order valence-electron chi connectivity index (χ2n) is 9.61. The third kappa shape index (κ3) is 5.37. The maximum Gasteiger partial charge on any atom is 0.244 e.